The number of hydrogen-bond acceptors (Lipinski definition) is 3. The number of aliphatic carboxylic acids is 1. The molecular formula is C12H16N2O4. The lowest BCUT2D eigenvalue weighted by molar-refractivity contribution is -0.141. The highest BCUT2D eigenvalue weighted by Crippen LogP contribution is 2.01. The van der Waals surface area contributed by atoms with E-state index in [1.54, 1.807) is 13.8 Å². The molecule has 3 N–H and O–H groups in total. The van der Waals surface area contributed by atoms with Crippen molar-refractivity contribution < 1.29 is 14.7 Å². The van der Waals surface area contributed by atoms with Gasteiger partial charge < -0.3 is 15.4 Å². The number of nitrogens with one attached hydrogen (secondary N) is 2. The average molecular weight is 252 g/mol. The summed E-state index contributed by atoms with van der Waals surface area (Å²) in [5.41, 5.74) is 0.265. The summed E-state index contributed by atoms with van der Waals surface area (Å²) in [6, 6.07) is 1.32. The number of pyridine rings is 1. The number of carbonyl (C=O) groups is 2. The van der Waals surface area contributed by atoms with E-state index in [0.717, 1.165) is 0 Å². The maximum absolute atomic E-state index is 11.7. The number of carbonyl (C=O) groups excluding carboxylic acids is 1. The molecule has 0 spiro atoms. The van der Waals surface area contributed by atoms with Crippen LogP contribution in [0.2, 0.25) is 0 Å². The minimum atomic E-state index is -0.962. The zero-order valence-corrected chi connectivity index (χ0v) is 10.3. The molecule has 18 heavy (non-hydrogen) atoms. The van der Waals surface area contributed by atoms with Crippen LogP contribution < -0.4 is 10.7 Å². The van der Waals surface area contributed by atoms with Crippen LogP contribution in [0.4, 0.5) is 0 Å². The van der Waals surface area contributed by atoms with Gasteiger partial charge in [0.2, 0.25) is 0 Å². The molecule has 0 saturated heterocycles. The Labute approximate surface area is 104 Å². The summed E-state index contributed by atoms with van der Waals surface area (Å²) in [5.74, 6) is -2.16. The highest BCUT2D eigenvalue weighted by molar-refractivity contribution is 5.94. The molecule has 0 radical (unpaired) electrons. The van der Waals surface area contributed by atoms with Crippen LogP contribution in [0, 0.1) is 12.8 Å². The Morgan fingerprint density at radius 3 is 2.67 bits per heavy atom. The first-order chi connectivity index (χ1) is 8.45. The van der Waals surface area contributed by atoms with E-state index < -0.39 is 17.8 Å². The lowest BCUT2D eigenvalue weighted by atomic mass is 10.1. The Bertz CT molecular complexity index is 507. The molecule has 1 heterocycles. The van der Waals surface area contributed by atoms with Gasteiger partial charge in [0.15, 0.2) is 5.43 Å². The van der Waals surface area contributed by atoms with Crippen LogP contribution in [0.1, 0.15) is 29.4 Å². The molecule has 1 amide bonds. The molecular weight excluding hydrogens is 236 g/mol. The van der Waals surface area contributed by atoms with E-state index in [9.17, 15) is 14.4 Å². The number of rotatable bonds is 5. The first-order valence-corrected chi connectivity index (χ1v) is 5.66. The summed E-state index contributed by atoms with van der Waals surface area (Å²) in [5, 5.41) is 11.3. The molecule has 6 heteroatoms. The summed E-state index contributed by atoms with van der Waals surface area (Å²) >= 11 is 0. The number of H-pyrrole nitrogens is 1. The maximum Gasteiger partial charge on any atom is 0.308 e. The Hall–Kier alpha value is -2.11. The van der Waals surface area contributed by atoms with Crippen LogP contribution in [0.15, 0.2) is 17.1 Å². The average Bonchev–Trinajstić information content (AvgIpc) is 2.28. The number of aryl methyl sites for hydroxylation is 1. The fourth-order valence-electron chi connectivity index (χ4n) is 1.47. The molecule has 0 aromatic carbocycles. The number of aromatic amines is 1. The third-order valence-corrected chi connectivity index (χ3v) is 2.65. The standard InChI is InChI=1S/C12H16N2O4/c1-3-8(12(17)18)5-14-11(16)9-6-13-7(2)4-10(9)15/h4,6,8H,3,5H2,1-2H3,(H,13,15)(H,14,16)(H,17,18). The van der Waals surface area contributed by atoms with E-state index in [1.807, 2.05) is 0 Å². The van der Waals surface area contributed by atoms with Gasteiger partial charge in [-0.25, -0.2) is 0 Å². The zero-order valence-electron chi connectivity index (χ0n) is 10.3. The second-order valence-corrected chi connectivity index (χ2v) is 4.05. The Morgan fingerprint density at radius 1 is 1.50 bits per heavy atom. The fourth-order valence-corrected chi connectivity index (χ4v) is 1.47. The Morgan fingerprint density at radius 2 is 2.17 bits per heavy atom. The third kappa shape index (κ3) is 3.44. The van der Waals surface area contributed by atoms with E-state index in [1.165, 1.54) is 12.3 Å². The number of hydrogen-bond donors (Lipinski definition) is 3. The smallest absolute Gasteiger partial charge is 0.308 e. The van der Waals surface area contributed by atoms with E-state index >= 15 is 0 Å². The van der Waals surface area contributed by atoms with Gasteiger partial charge in [-0.1, -0.05) is 6.92 Å². The van der Waals surface area contributed by atoms with Crippen molar-refractivity contribution in [3.05, 3.63) is 33.7 Å². The monoisotopic (exact) mass is 252 g/mol. The van der Waals surface area contributed by atoms with Crippen molar-refractivity contribution in [3.8, 4) is 0 Å². The highest BCUT2D eigenvalue weighted by atomic mass is 16.4. The number of aromatic nitrogens is 1. The van der Waals surface area contributed by atoms with Crippen molar-refractivity contribution in [2.45, 2.75) is 20.3 Å². The van der Waals surface area contributed by atoms with Crippen LogP contribution in [0.3, 0.4) is 0 Å². The molecule has 0 fully saturated rings. The van der Waals surface area contributed by atoms with Crippen LogP contribution in [-0.2, 0) is 4.79 Å². The molecule has 0 bridgehead atoms. The van der Waals surface area contributed by atoms with Crippen LogP contribution >= 0.6 is 0 Å². The van der Waals surface area contributed by atoms with Gasteiger partial charge in [-0.05, 0) is 13.3 Å². The van der Waals surface area contributed by atoms with Gasteiger partial charge in [-0.15, -0.1) is 0 Å². The minimum absolute atomic E-state index is 0.0119. The van der Waals surface area contributed by atoms with E-state index in [4.69, 9.17) is 5.11 Å². The predicted molar refractivity (Wildman–Crippen MR) is 65.5 cm³/mol. The van der Waals surface area contributed by atoms with Crippen molar-refractivity contribution in [1.29, 1.82) is 0 Å². The second kappa shape index (κ2) is 6.00. The van der Waals surface area contributed by atoms with Crippen molar-refractivity contribution in [2.75, 3.05) is 6.54 Å². The van der Waals surface area contributed by atoms with E-state index in [0.29, 0.717) is 12.1 Å². The highest BCUT2D eigenvalue weighted by Gasteiger charge is 2.17. The fraction of sp³-hybridized carbons (Fsp3) is 0.417. The maximum atomic E-state index is 11.7. The third-order valence-electron chi connectivity index (χ3n) is 2.65. The second-order valence-electron chi connectivity index (χ2n) is 4.05. The predicted octanol–water partition coefficient (Wildman–Crippen LogP) is 0.524. The van der Waals surface area contributed by atoms with Crippen molar-refractivity contribution in [2.24, 2.45) is 5.92 Å². The van der Waals surface area contributed by atoms with Gasteiger partial charge in [-0.3, -0.25) is 14.4 Å². The first kappa shape index (κ1) is 14.0. The molecule has 1 unspecified atom stereocenters. The molecule has 1 aromatic rings. The Balaban J connectivity index is 2.71. The molecule has 1 rings (SSSR count). The van der Waals surface area contributed by atoms with E-state index in [-0.39, 0.29) is 17.5 Å². The van der Waals surface area contributed by atoms with Crippen molar-refractivity contribution in [1.82, 2.24) is 10.3 Å². The van der Waals surface area contributed by atoms with Gasteiger partial charge in [0.05, 0.1) is 5.92 Å². The van der Waals surface area contributed by atoms with Crippen LogP contribution in [0.25, 0.3) is 0 Å². The summed E-state index contributed by atoms with van der Waals surface area (Å²) in [7, 11) is 0. The van der Waals surface area contributed by atoms with Gasteiger partial charge in [0.1, 0.15) is 5.56 Å². The van der Waals surface area contributed by atoms with Gasteiger partial charge >= 0.3 is 5.97 Å². The zero-order chi connectivity index (χ0) is 13.7. The Kier molecular flexibility index (Phi) is 4.65. The quantitative estimate of drug-likeness (QED) is 0.711. The summed E-state index contributed by atoms with van der Waals surface area (Å²) in [6.45, 7) is 3.45. The molecule has 0 aliphatic carbocycles. The topological polar surface area (TPSA) is 99.3 Å². The van der Waals surface area contributed by atoms with Gasteiger partial charge in [-0.2, -0.15) is 0 Å². The van der Waals surface area contributed by atoms with Crippen LogP contribution in [-0.4, -0.2) is 28.5 Å². The van der Waals surface area contributed by atoms with Gasteiger partial charge in [0.25, 0.3) is 5.91 Å². The van der Waals surface area contributed by atoms with E-state index in [2.05, 4.69) is 10.3 Å². The largest absolute Gasteiger partial charge is 0.481 e. The summed E-state index contributed by atoms with van der Waals surface area (Å²) in [4.78, 5) is 36.8. The summed E-state index contributed by atoms with van der Waals surface area (Å²) < 4.78 is 0. The SMILES string of the molecule is CCC(CNC(=O)c1c[nH]c(C)cc1=O)C(=O)O. The van der Waals surface area contributed by atoms with Crippen molar-refractivity contribution in [3.63, 3.8) is 0 Å². The van der Waals surface area contributed by atoms with Crippen molar-refractivity contribution >= 4 is 11.9 Å². The molecule has 98 valence electrons. The molecule has 1 aromatic heterocycles. The van der Waals surface area contributed by atoms with Gasteiger partial charge in [0, 0.05) is 24.5 Å². The normalized spacial score (nSPS) is 11.9. The molecule has 0 aliphatic heterocycles. The first-order valence-electron chi connectivity index (χ1n) is 5.66. The molecule has 0 saturated carbocycles. The molecule has 1 atom stereocenters. The molecule has 0 aliphatic rings. The number of carboxylic acid groups (broad SMARTS) is 1. The number of amides is 1. The lowest BCUT2D eigenvalue weighted by Gasteiger charge is -2.10. The number of carboxylic acids is 1. The minimum Gasteiger partial charge on any atom is -0.481 e. The molecule has 6 nitrogen and oxygen atoms in total. The lowest BCUT2D eigenvalue weighted by Crippen LogP contribution is -2.35. The van der Waals surface area contributed by atoms with Crippen LogP contribution in [0.5, 0.6) is 0 Å². The summed E-state index contributed by atoms with van der Waals surface area (Å²) in [6.07, 6.45) is 1.74.